The van der Waals surface area contributed by atoms with Gasteiger partial charge >= 0.3 is 0 Å². The van der Waals surface area contributed by atoms with Crippen LogP contribution in [-0.2, 0) is 0 Å². The van der Waals surface area contributed by atoms with Crippen LogP contribution in [0.3, 0.4) is 0 Å². The molecule has 0 spiro atoms. The Kier molecular flexibility index (Phi) is 5.82. The van der Waals surface area contributed by atoms with Gasteiger partial charge in [0.1, 0.15) is 11.2 Å². The zero-order chi connectivity index (χ0) is 28.0. The lowest BCUT2D eigenvalue weighted by Gasteiger charge is -2.28. The van der Waals surface area contributed by atoms with Crippen molar-refractivity contribution in [2.45, 2.75) is 13.0 Å². The Bertz CT molecular complexity index is 2140. The number of furan rings is 1. The number of nitrogens with zero attached hydrogens (tertiary/aromatic N) is 2. The molecule has 0 aliphatic carbocycles. The topological polar surface area (TPSA) is 37.9 Å². The first-order chi connectivity index (χ1) is 20.7. The van der Waals surface area contributed by atoms with Gasteiger partial charge in [-0.2, -0.15) is 0 Å². The van der Waals surface area contributed by atoms with Gasteiger partial charge in [-0.15, -0.1) is 0 Å². The summed E-state index contributed by atoms with van der Waals surface area (Å²) in [7, 11) is 0. The summed E-state index contributed by atoms with van der Waals surface area (Å²) in [4.78, 5) is 10.5. The molecule has 3 nitrogen and oxygen atoms in total. The summed E-state index contributed by atoms with van der Waals surface area (Å²) in [6.07, 6.45) is 0. The average molecular weight is 541 g/mol. The lowest BCUT2D eigenvalue weighted by atomic mass is 9.84. The fourth-order valence-corrected chi connectivity index (χ4v) is 6.32. The summed E-state index contributed by atoms with van der Waals surface area (Å²) in [6, 6.07) is 48.6. The van der Waals surface area contributed by atoms with Gasteiger partial charge in [0.05, 0.1) is 11.8 Å². The third kappa shape index (κ3) is 4.05. The molecule has 2 atom stereocenters. The van der Waals surface area contributed by atoms with Gasteiger partial charge in [0.15, 0.2) is 5.84 Å². The van der Waals surface area contributed by atoms with Crippen molar-refractivity contribution in [3.05, 3.63) is 156 Å². The van der Waals surface area contributed by atoms with Crippen molar-refractivity contribution in [1.82, 2.24) is 0 Å². The second-order valence-corrected chi connectivity index (χ2v) is 11.0. The number of fused-ring (bicyclic) bond motifs is 5. The first-order valence-corrected chi connectivity index (χ1v) is 14.5. The van der Waals surface area contributed by atoms with E-state index in [0.717, 1.165) is 55.6 Å². The van der Waals surface area contributed by atoms with Crippen molar-refractivity contribution >= 4 is 44.3 Å². The van der Waals surface area contributed by atoms with Crippen LogP contribution in [-0.4, -0.2) is 11.5 Å². The molecule has 0 fully saturated rings. The van der Waals surface area contributed by atoms with E-state index in [0.29, 0.717) is 0 Å². The van der Waals surface area contributed by atoms with Crippen molar-refractivity contribution < 1.29 is 4.42 Å². The molecule has 2 unspecified atom stereocenters. The quantitative estimate of drug-likeness (QED) is 0.219. The molecular formula is C39H28N2O. The van der Waals surface area contributed by atoms with E-state index in [9.17, 15) is 0 Å². The predicted octanol–water partition coefficient (Wildman–Crippen LogP) is 10.0. The zero-order valence-electron chi connectivity index (χ0n) is 23.2. The Labute approximate surface area is 244 Å². The minimum absolute atomic E-state index is 0.0519. The molecule has 0 bridgehead atoms. The van der Waals surface area contributed by atoms with Crippen LogP contribution in [0.15, 0.2) is 154 Å². The summed E-state index contributed by atoms with van der Waals surface area (Å²) in [6.45, 7) is 2.25. The Morgan fingerprint density at radius 1 is 0.548 bits per heavy atom. The van der Waals surface area contributed by atoms with Gasteiger partial charge in [-0.05, 0) is 39.8 Å². The van der Waals surface area contributed by atoms with Gasteiger partial charge in [0.25, 0.3) is 0 Å². The highest BCUT2D eigenvalue weighted by atomic mass is 16.3. The van der Waals surface area contributed by atoms with Crippen molar-refractivity contribution in [3.63, 3.8) is 0 Å². The van der Waals surface area contributed by atoms with Gasteiger partial charge in [0.2, 0.25) is 0 Å². The van der Waals surface area contributed by atoms with Crippen LogP contribution in [0.4, 0.5) is 0 Å². The van der Waals surface area contributed by atoms with Crippen molar-refractivity contribution in [3.8, 4) is 11.1 Å². The maximum absolute atomic E-state index is 6.53. The highest BCUT2D eigenvalue weighted by molar-refractivity contribution is 6.18. The van der Waals surface area contributed by atoms with E-state index in [-0.39, 0.29) is 12.0 Å². The maximum atomic E-state index is 6.53. The van der Waals surface area contributed by atoms with E-state index in [1.165, 1.54) is 16.5 Å². The van der Waals surface area contributed by atoms with E-state index < -0.39 is 0 Å². The highest BCUT2D eigenvalue weighted by Crippen LogP contribution is 2.42. The van der Waals surface area contributed by atoms with Crippen molar-refractivity contribution in [2.24, 2.45) is 15.9 Å². The van der Waals surface area contributed by atoms with Crippen LogP contribution in [0.1, 0.15) is 29.7 Å². The summed E-state index contributed by atoms with van der Waals surface area (Å²) >= 11 is 0. The van der Waals surface area contributed by atoms with Gasteiger partial charge in [0, 0.05) is 27.6 Å². The first kappa shape index (κ1) is 24.5. The van der Waals surface area contributed by atoms with E-state index >= 15 is 0 Å². The summed E-state index contributed by atoms with van der Waals surface area (Å²) in [5, 5.41) is 4.56. The third-order valence-electron chi connectivity index (χ3n) is 8.45. The highest BCUT2D eigenvalue weighted by Gasteiger charge is 2.31. The number of hydrogen-bond donors (Lipinski definition) is 0. The molecule has 6 aromatic carbocycles. The van der Waals surface area contributed by atoms with Crippen LogP contribution in [0.5, 0.6) is 0 Å². The molecule has 0 radical (unpaired) electrons. The van der Waals surface area contributed by atoms with Crippen molar-refractivity contribution in [2.75, 3.05) is 0 Å². The minimum Gasteiger partial charge on any atom is -0.455 e. The van der Waals surface area contributed by atoms with Crippen LogP contribution < -0.4 is 0 Å². The smallest absolute Gasteiger partial charge is 0.155 e. The molecule has 1 aliphatic rings. The minimum atomic E-state index is -0.127. The van der Waals surface area contributed by atoms with Gasteiger partial charge in [-0.1, -0.05) is 134 Å². The maximum Gasteiger partial charge on any atom is 0.155 e. The van der Waals surface area contributed by atoms with E-state index in [1.807, 2.05) is 24.3 Å². The monoisotopic (exact) mass is 540 g/mol. The number of rotatable bonds is 4. The summed E-state index contributed by atoms with van der Waals surface area (Å²) in [5.74, 6) is 0.812. The average Bonchev–Trinajstić information content (AvgIpc) is 3.46. The van der Waals surface area contributed by atoms with Crippen LogP contribution in [0.25, 0.3) is 43.8 Å². The zero-order valence-corrected chi connectivity index (χ0v) is 23.2. The predicted molar refractivity (Wildman–Crippen MR) is 175 cm³/mol. The van der Waals surface area contributed by atoms with E-state index in [1.54, 1.807) is 0 Å². The lowest BCUT2D eigenvalue weighted by molar-refractivity contribution is 0.595. The fourth-order valence-electron chi connectivity index (χ4n) is 6.32. The number of amidine groups is 1. The Morgan fingerprint density at radius 3 is 2.00 bits per heavy atom. The van der Waals surface area contributed by atoms with Crippen LogP contribution >= 0.6 is 0 Å². The van der Waals surface area contributed by atoms with Gasteiger partial charge < -0.3 is 4.42 Å². The molecule has 1 aliphatic heterocycles. The van der Waals surface area contributed by atoms with E-state index in [4.69, 9.17) is 14.4 Å². The van der Waals surface area contributed by atoms with Crippen molar-refractivity contribution in [1.29, 1.82) is 0 Å². The first-order valence-electron chi connectivity index (χ1n) is 14.5. The molecule has 0 saturated heterocycles. The van der Waals surface area contributed by atoms with Gasteiger partial charge in [-0.3, -0.25) is 4.99 Å². The molecule has 200 valence electrons. The molecule has 0 amide bonds. The van der Waals surface area contributed by atoms with Crippen LogP contribution in [0.2, 0.25) is 0 Å². The Hall–Kier alpha value is -5.28. The number of hydrogen-bond acceptors (Lipinski definition) is 3. The second-order valence-electron chi connectivity index (χ2n) is 11.0. The molecule has 1 aromatic heterocycles. The summed E-state index contributed by atoms with van der Waals surface area (Å²) in [5.41, 5.74) is 8.56. The molecule has 0 saturated carbocycles. The molecule has 2 heterocycles. The fraction of sp³-hybridized carbons (Fsp3) is 0.0769. The SMILES string of the molecule is CC1C(c2ccc(-c3ccccc3)cc2)=NC(c2ccccc2)=NC1c1cccc2oc3c4ccccc4ccc3c12. The Balaban J connectivity index is 1.30. The molecule has 42 heavy (non-hydrogen) atoms. The molecule has 3 heteroatoms. The normalized spacial score (nSPS) is 17.0. The standard InChI is InChI=1S/C39H28N2O/c1-25-36(29-21-19-27(20-22-29)26-11-4-2-5-12-26)40-39(30-14-6-3-7-15-30)41-37(25)32-17-10-18-34-35(32)33-24-23-28-13-8-9-16-31(28)38(33)42-34/h2-25,37H,1H3. The molecule has 7 aromatic rings. The third-order valence-corrected chi connectivity index (χ3v) is 8.45. The number of benzene rings is 6. The molecule has 0 N–H and O–H groups in total. The van der Waals surface area contributed by atoms with Gasteiger partial charge in [-0.25, -0.2) is 4.99 Å². The Morgan fingerprint density at radius 2 is 1.21 bits per heavy atom. The van der Waals surface area contributed by atoms with E-state index in [2.05, 4.69) is 122 Å². The molecule has 8 rings (SSSR count). The van der Waals surface area contributed by atoms with Crippen LogP contribution in [0, 0.1) is 5.92 Å². The largest absolute Gasteiger partial charge is 0.455 e. The summed E-state index contributed by atoms with van der Waals surface area (Å²) < 4.78 is 6.53. The number of aliphatic imine (C=N–C) groups is 2. The molecular weight excluding hydrogens is 512 g/mol. The lowest BCUT2D eigenvalue weighted by Crippen LogP contribution is -2.26. The second kappa shape index (κ2) is 9.97.